The standard InChI is InChI=1S/C13H18O4/c14-8-12-10-16-13(17-12)6-7-15-9-11-4-2-1-3-5-11/h1-5,12-14H,6-10H2/t12-,13+/m1/s1. The third-order valence-corrected chi connectivity index (χ3v) is 2.63. The highest BCUT2D eigenvalue weighted by Crippen LogP contribution is 2.14. The first kappa shape index (κ1) is 12.5. The van der Waals surface area contributed by atoms with Crippen LogP contribution in [0, 0.1) is 0 Å². The summed E-state index contributed by atoms with van der Waals surface area (Å²) in [5, 5.41) is 8.87. The first-order valence-corrected chi connectivity index (χ1v) is 5.88. The summed E-state index contributed by atoms with van der Waals surface area (Å²) in [5.74, 6) is 0. The third-order valence-electron chi connectivity index (χ3n) is 2.63. The molecule has 1 aliphatic heterocycles. The molecule has 1 heterocycles. The Morgan fingerprint density at radius 1 is 1.29 bits per heavy atom. The fraction of sp³-hybridized carbons (Fsp3) is 0.538. The van der Waals surface area contributed by atoms with Gasteiger partial charge in [0.25, 0.3) is 0 Å². The molecular weight excluding hydrogens is 220 g/mol. The van der Waals surface area contributed by atoms with Crippen LogP contribution in [0.5, 0.6) is 0 Å². The lowest BCUT2D eigenvalue weighted by Crippen LogP contribution is -2.17. The number of ether oxygens (including phenoxy) is 3. The zero-order chi connectivity index (χ0) is 11.9. The Balaban J connectivity index is 1.58. The summed E-state index contributed by atoms with van der Waals surface area (Å²) in [5.41, 5.74) is 1.16. The van der Waals surface area contributed by atoms with Gasteiger partial charge in [0, 0.05) is 6.42 Å². The molecule has 4 heteroatoms. The predicted octanol–water partition coefficient (Wildman–Crippen LogP) is 1.33. The smallest absolute Gasteiger partial charge is 0.160 e. The molecule has 0 unspecified atom stereocenters. The van der Waals surface area contributed by atoms with E-state index in [9.17, 15) is 0 Å². The van der Waals surface area contributed by atoms with Gasteiger partial charge in [-0.1, -0.05) is 30.3 Å². The van der Waals surface area contributed by atoms with Gasteiger partial charge >= 0.3 is 0 Å². The number of aliphatic hydroxyl groups excluding tert-OH is 1. The normalized spacial score (nSPS) is 24.1. The van der Waals surface area contributed by atoms with Crippen molar-refractivity contribution in [2.24, 2.45) is 0 Å². The van der Waals surface area contributed by atoms with Crippen LogP contribution in [0.15, 0.2) is 30.3 Å². The molecule has 0 aromatic heterocycles. The molecule has 0 amide bonds. The lowest BCUT2D eigenvalue weighted by Gasteiger charge is -2.10. The lowest BCUT2D eigenvalue weighted by molar-refractivity contribution is -0.0820. The van der Waals surface area contributed by atoms with Crippen LogP contribution in [-0.2, 0) is 20.8 Å². The van der Waals surface area contributed by atoms with Crippen LogP contribution >= 0.6 is 0 Å². The summed E-state index contributed by atoms with van der Waals surface area (Å²) >= 11 is 0. The molecule has 1 N–H and O–H groups in total. The zero-order valence-corrected chi connectivity index (χ0v) is 9.75. The number of aliphatic hydroxyl groups is 1. The van der Waals surface area contributed by atoms with Crippen LogP contribution in [0.3, 0.4) is 0 Å². The van der Waals surface area contributed by atoms with Crippen LogP contribution in [0.25, 0.3) is 0 Å². The highest BCUT2D eigenvalue weighted by atomic mass is 16.7. The molecule has 17 heavy (non-hydrogen) atoms. The molecule has 1 aliphatic rings. The van der Waals surface area contributed by atoms with Crippen molar-refractivity contribution in [1.82, 2.24) is 0 Å². The fourth-order valence-corrected chi connectivity index (χ4v) is 1.70. The maximum Gasteiger partial charge on any atom is 0.160 e. The average Bonchev–Trinajstić information content (AvgIpc) is 2.84. The average molecular weight is 238 g/mol. The van der Waals surface area contributed by atoms with E-state index >= 15 is 0 Å². The van der Waals surface area contributed by atoms with Crippen LogP contribution < -0.4 is 0 Å². The molecule has 1 aromatic rings. The summed E-state index contributed by atoms with van der Waals surface area (Å²) in [6, 6.07) is 10.0. The maximum atomic E-state index is 8.87. The van der Waals surface area contributed by atoms with E-state index in [1.54, 1.807) is 0 Å². The molecule has 4 nitrogen and oxygen atoms in total. The van der Waals surface area contributed by atoms with Crippen molar-refractivity contribution in [1.29, 1.82) is 0 Å². The van der Waals surface area contributed by atoms with Crippen LogP contribution in [-0.4, -0.2) is 37.3 Å². The quantitative estimate of drug-likeness (QED) is 0.759. The second-order valence-electron chi connectivity index (χ2n) is 4.03. The molecule has 94 valence electrons. The van der Waals surface area contributed by atoms with Gasteiger partial charge in [0.15, 0.2) is 6.29 Å². The Morgan fingerprint density at radius 2 is 2.12 bits per heavy atom. The second-order valence-corrected chi connectivity index (χ2v) is 4.03. The van der Waals surface area contributed by atoms with E-state index in [4.69, 9.17) is 19.3 Å². The summed E-state index contributed by atoms with van der Waals surface area (Å²) in [6.45, 7) is 1.69. The Morgan fingerprint density at radius 3 is 2.82 bits per heavy atom. The largest absolute Gasteiger partial charge is 0.394 e. The van der Waals surface area contributed by atoms with E-state index in [0.29, 0.717) is 26.2 Å². The van der Waals surface area contributed by atoms with Gasteiger partial charge in [0.1, 0.15) is 6.10 Å². The van der Waals surface area contributed by atoms with Crippen LogP contribution in [0.2, 0.25) is 0 Å². The van der Waals surface area contributed by atoms with Crippen molar-refractivity contribution in [3.8, 4) is 0 Å². The monoisotopic (exact) mass is 238 g/mol. The highest BCUT2D eigenvalue weighted by Gasteiger charge is 2.24. The SMILES string of the molecule is OC[C@@H]1CO[C@H](CCOCc2ccccc2)O1. The van der Waals surface area contributed by atoms with Gasteiger partial charge in [-0.15, -0.1) is 0 Å². The van der Waals surface area contributed by atoms with E-state index < -0.39 is 0 Å². The first-order valence-electron chi connectivity index (χ1n) is 5.88. The van der Waals surface area contributed by atoms with Crippen LogP contribution in [0.1, 0.15) is 12.0 Å². The van der Waals surface area contributed by atoms with E-state index in [1.165, 1.54) is 0 Å². The van der Waals surface area contributed by atoms with Crippen molar-refractivity contribution < 1.29 is 19.3 Å². The molecule has 2 rings (SSSR count). The van der Waals surface area contributed by atoms with Crippen molar-refractivity contribution in [2.75, 3.05) is 19.8 Å². The van der Waals surface area contributed by atoms with E-state index in [0.717, 1.165) is 5.56 Å². The topological polar surface area (TPSA) is 47.9 Å². The highest BCUT2D eigenvalue weighted by molar-refractivity contribution is 5.13. The van der Waals surface area contributed by atoms with Gasteiger partial charge in [-0.25, -0.2) is 0 Å². The molecule has 1 aromatic carbocycles. The molecule has 1 fully saturated rings. The molecule has 0 spiro atoms. The number of hydrogen-bond acceptors (Lipinski definition) is 4. The minimum Gasteiger partial charge on any atom is -0.394 e. The summed E-state index contributed by atoms with van der Waals surface area (Å²) < 4.78 is 16.3. The molecule has 0 aliphatic carbocycles. The van der Waals surface area contributed by atoms with Gasteiger partial charge < -0.3 is 19.3 Å². The van der Waals surface area contributed by atoms with Gasteiger partial charge in [0.05, 0.1) is 26.4 Å². The van der Waals surface area contributed by atoms with Crippen LogP contribution in [0.4, 0.5) is 0 Å². The predicted molar refractivity (Wildman–Crippen MR) is 62.4 cm³/mol. The Bertz CT molecular complexity index is 314. The Labute approximate surface area is 101 Å². The minimum atomic E-state index is -0.233. The molecule has 2 atom stereocenters. The maximum absolute atomic E-state index is 8.87. The first-order chi connectivity index (χ1) is 8.38. The fourth-order valence-electron chi connectivity index (χ4n) is 1.70. The van der Waals surface area contributed by atoms with E-state index in [-0.39, 0.29) is 19.0 Å². The number of rotatable bonds is 6. The van der Waals surface area contributed by atoms with Crippen molar-refractivity contribution in [3.05, 3.63) is 35.9 Å². The molecular formula is C13H18O4. The minimum absolute atomic E-state index is 0.0153. The van der Waals surface area contributed by atoms with Gasteiger partial charge in [-0.05, 0) is 5.56 Å². The van der Waals surface area contributed by atoms with Gasteiger partial charge in [-0.3, -0.25) is 0 Å². The summed E-state index contributed by atoms with van der Waals surface area (Å²) in [6.07, 6.45) is 0.292. The molecule has 0 radical (unpaired) electrons. The number of hydrogen-bond donors (Lipinski definition) is 1. The Hall–Kier alpha value is -0.940. The van der Waals surface area contributed by atoms with Crippen molar-refractivity contribution >= 4 is 0 Å². The van der Waals surface area contributed by atoms with E-state index in [1.807, 2.05) is 30.3 Å². The van der Waals surface area contributed by atoms with Gasteiger partial charge in [-0.2, -0.15) is 0 Å². The second kappa shape index (κ2) is 6.71. The van der Waals surface area contributed by atoms with Gasteiger partial charge in [0.2, 0.25) is 0 Å². The van der Waals surface area contributed by atoms with E-state index in [2.05, 4.69) is 0 Å². The zero-order valence-electron chi connectivity index (χ0n) is 9.75. The summed E-state index contributed by atoms with van der Waals surface area (Å²) in [4.78, 5) is 0. The molecule has 0 bridgehead atoms. The Kier molecular flexibility index (Phi) is 4.94. The summed E-state index contributed by atoms with van der Waals surface area (Å²) in [7, 11) is 0. The molecule has 1 saturated heterocycles. The lowest BCUT2D eigenvalue weighted by atomic mass is 10.2. The number of benzene rings is 1. The van der Waals surface area contributed by atoms with Crippen molar-refractivity contribution in [3.63, 3.8) is 0 Å². The van der Waals surface area contributed by atoms with Crippen molar-refractivity contribution in [2.45, 2.75) is 25.4 Å². The third kappa shape index (κ3) is 4.09. The molecule has 0 saturated carbocycles.